The van der Waals surface area contributed by atoms with Crippen LogP contribution in [-0.2, 0) is 18.9 Å². The Morgan fingerprint density at radius 1 is 0.981 bits per heavy atom. The van der Waals surface area contributed by atoms with Gasteiger partial charge in [-0.05, 0) is 93.8 Å². The van der Waals surface area contributed by atoms with Crippen molar-refractivity contribution in [3.63, 3.8) is 0 Å². The first-order chi connectivity index (χ1) is 24.3. The maximum absolute atomic E-state index is 11.6. The molecule has 0 radical (unpaired) electrons. The summed E-state index contributed by atoms with van der Waals surface area (Å²) in [5.74, 6) is -0.136. The molecule has 3 saturated carbocycles. The fraction of sp³-hybridized carbons (Fsp3) is 0.947. The molecule has 0 aromatic heterocycles. The minimum absolute atomic E-state index is 0.0792. The quantitative estimate of drug-likeness (QED) is 0.122. The van der Waals surface area contributed by atoms with Crippen LogP contribution in [-0.4, -0.2) is 150 Å². The van der Waals surface area contributed by atoms with Crippen LogP contribution in [0.15, 0.2) is 11.6 Å². The van der Waals surface area contributed by atoms with Crippen molar-refractivity contribution < 1.29 is 70.0 Å². The molecule has 2 saturated heterocycles. The second-order valence-corrected chi connectivity index (χ2v) is 18.2. The van der Waals surface area contributed by atoms with Crippen LogP contribution >= 0.6 is 0 Å². The Kier molecular flexibility index (Phi) is 11.7. The molecule has 4 aliphatic carbocycles. The molecule has 2 aliphatic heterocycles. The van der Waals surface area contributed by atoms with Gasteiger partial charge in [0.15, 0.2) is 12.6 Å². The maximum Gasteiger partial charge on any atom is 0.187 e. The normalized spacial score (nSPS) is 50.6. The summed E-state index contributed by atoms with van der Waals surface area (Å²) in [6, 6.07) is 0. The highest BCUT2D eigenvalue weighted by Crippen LogP contribution is 2.68. The van der Waals surface area contributed by atoms with Crippen LogP contribution in [0.25, 0.3) is 0 Å². The highest BCUT2D eigenvalue weighted by molar-refractivity contribution is 5.28. The largest absolute Gasteiger partial charge is 0.394 e. The second kappa shape index (κ2) is 14.9. The van der Waals surface area contributed by atoms with Gasteiger partial charge in [0.1, 0.15) is 36.1 Å². The zero-order valence-electron chi connectivity index (χ0n) is 31.2. The molecule has 0 spiro atoms. The molecular weight excluding hydrogens is 680 g/mol. The van der Waals surface area contributed by atoms with E-state index in [-0.39, 0.29) is 48.0 Å². The van der Waals surface area contributed by atoms with Gasteiger partial charge in [0.05, 0.1) is 49.8 Å². The number of hydrogen-bond acceptors (Lipinski definition) is 14. The fourth-order valence-electron chi connectivity index (χ4n) is 11.4. The van der Waals surface area contributed by atoms with Gasteiger partial charge < -0.3 is 70.0 Å². The molecule has 19 atom stereocenters. The molecule has 52 heavy (non-hydrogen) atoms. The van der Waals surface area contributed by atoms with Crippen LogP contribution in [0.3, 0.4) is 0 Å². The third-order valence-corrected chi connectivity index (χ3v) is 14.5. The van der Waals surface area contributed by atoms with Crippen LogP contribution in [0, 0.1) is 40.4 Å². The van der Waals surface area contributed by atoms with E-state index in [0.717, 1.165) is 24.8 Å². The number of hydrogen-bond donors (Lipinski definition) is 10. The van der Waals surface area contributed by atoms with E-state index in [0.29, 0.717) is 25.7 Å². The lowest BCUT2D eigenvalue weighted by molar-refractivity contribution is -0.324. The molecule has 6 aliphatic rings. The van der Waals surface area contributed by atoms with E-state index in [2.05, 4.69) is 19.9 Å². The van der Waals surface area contributed by atoms with Gasteiger partial charge in [-0.15, -0.1) is 0 Å². The summed E-state index contributed by atoms with van der Waals surface area (Å²) in [6.07, 6.45) is -5.68. The van der Waals surface area contributed by atoms with Crippen LogP contribution in [0.1, 0.15) is 86.0 Å². The lowest BCUT2D eigenvalue weighted by Crippen LogP contribution is -2.62. The Balaban J connectivity index is 1.30. The van der Waals surface area contributed by atoms with Gasteiger partial charge in [-0.2, -0.15) is 0 Å². The van der Waals surface area contributed by atoms with E-state index in [1.807, 2.05) is 6.92 Å². The van der Waals surface area contributed by atoms with Crippen molar-refractivity contribution in [1.82, 2.24) is 0 Å². The molecular formula is C38H64O14. The number of fused-ring (bicyclic) bond motifs is 5. The van der Waals surface area contributed by atoms with Gasteiger partial charge >= 0.3 is 0 Å². The van der Waals surface area contributed by atoms with Gasteiger partial charge in [0.2, 0.25) is 0 Å². The molecule has 14 nitrogen and oxygen atoms in total. The summed E-state index contributed by atoms with van der Waals surface area (Å²) in [4.78, 5) is 0. The molecule has 0 aromatic carbocycles. The molecule has 14 heteroatoms. The number of aliphatic hydroxyl groups excluding tert-OH is 8. The van der Waals surface area contributed by atoms with Crippen molar-refractivity contribution in [2.24, 2.45) is 40.4 Å². The Labute approximate surface area is 306 Å². The second-order valence-electron chi connectivity index (χ2n) is 18.2. The standard InChI is InChI=1S/C38H64O14/c1-18(24(42)9-10-35(2,3)47)28-25(50-34-32(46)38(48,16-40)17-49-34)14-23-21-7-6-19-12-20(41)13-27(37(19,5)22(21)8-11-36(23,28)4)52-33-31(45)30(44)29(43)26(15-39)51-33/h6,18,20-34,39-48H,7-17H2,1-5H3/t18-,20-,21-,22+,23+,24+,25+,26-,27-,28+,29-,30+,31-,32+,33+,34+,36+,37+,38-/m1/s1. The van der Waals surface area contributed by atoms with Crippen LogP contribution < -0.4 is 0 Å². The first-order valence-electron chi connectivity index (χ1n) is 19.3. The van der Waals surface area contributed by atoms with Gasteiger partial charge in [0.25, 0.3) is 0 Å². The summed E-state index contributed by atoms with van der Waals surface area (Å²) < 4.78 is 24.6. The first-order valence-corrected chi connectivity index (χ1v) is 19.3. The smallest absolute Gasteiger partial charge is 0.187 e. The molecule has 6 rings (SSSR count). The van der Waals surface area contributed by atoms with E-state index in [1.165, 1.54) is 0 Å². The third kappa shape index (κ3) is 7.06. The van der Waals surface area contributed by atoms with Crippen molar-refractivity contribution in [1.29, 1.82) is 0 Å². The number of allylic oxidation sites excluding steroid dienone is 1. The number of rotatable bonds is 11. The highest BCUT2D eigenvalue weighted by Gasteiger charge is 2.65. The lowest BCUT2D eigenvalue weighted by atomic mass is 9.46. The first kappa shape index (κ1) is 40.8. The topological polar surface area (TPSA) is 239 Å². The predicted molar refractivity (Wildman–Crippen MR) is 184 cm³/mol. The monoisotopic (exact) mass is 744 g/mol. The van der Waals surface area contributed by atoms with Crippen molar-refractivity contribution in [3.8, 4) is 0 Å². The number of ether oxygens (including phenoxy) is 4. The molecule has 10 N–H and O–H groups in total. The minimum atomic E-state index is -1.85. The summed E-state index contributed by atoms with van der Waals surface area (Å²) in [6.45, 7) is 8.29. The number of aliphatic hydroxyl groups is 10. The van der Waals surface area contributed by atoms with Crippen molar-refractivity contribution in [2.45, 2.75) is 165 Å². The molecule has 5 fully saturated rings. The average molecular weight is 745 g/mol. The third-order valence-electron chi connectivity index (χ3n) is 14.5. The van der Waals surface area contributed by atoms with E-state index < -0.39 is 97.3 Å². The zero-order valence-corrected chi connectivity index (χ0v) is 31.2. The van der Waals surface area contributed by atoms with Crippen LogP contribution in [0.2, 0.25) is 0 Å². The van der Waals surface area contributed by atoms with E-state index in [4.69, 9.17) is 18.9 Å². The van der Waals surface area contributed by atoms with E-state index in [1.54, 1.807) is 13.8 Å². The molecule has 2 heterocycles. The van der Waals surface area contributed by atoms with Crippen LogP contribution in [0.5, 0.6) is 0 Å². The molecule has 300 valence electrons. The molecule has 0 amide bonds. The molecule has 0 unspecified atom stereocenters. The SMILES string of the molecule is C[C@@H]([C@H]1[C@@H](O[C@@H]2OC[C@](O)(CO)[C@H]2O)C[C@H]2[C@@H]3CC=C4C[C@@H](O)C[C@@H](O[C@@H]5O[C@H](CO)[C@@H](O)[C@H](O)[C@H]5O)[C@]4(C)[C@H]3CC[C@]12C)[C@@H](O)CCC(C)(C)O. The van der Waals surface area contributed by atoms with E-state index in [9.17, 15) is 51.1 Å². The summed E-state index contributed by atoms with van der Waals surface area (Å²) in [7, 11) is 0. The molecule has 0 bridgehead atoms. The minimum Gasteiger partial charge on any atom is -0.394 e. The van der Waals surface area contributed by atoms with Gasteiger partial charge in [0, 0.05) is 11.8 Å². The predicted octanol–water partition coefficient (Wildman–Crippen LogP) is -0.295. The Morgan fingerprint density at radius 2 is 1.69 bits per heavy atom. The summed E-state index contributed by atoms with van der Waals surface area (Å²) in [5.41, 5.74) is -2.64. The average Bonchev–Trinajstić information content (AvgIpc) is 3.55. The van der Waals surface area contributed by atoms with Crippen LogP contribution in [0.4, 0.5) is 0 Å². The Morgan fingerprint density at radius 3 is 2.33 bits per heavy atom. The lowest BCUT2D eigenvalue weighted by Gasteiger charge is -2.60. The van der Waals surface area contributed by atoms with Gasteiger partial charge in [-0.1, -0.05) is 32.4 Å². The summed E-state index contributed by atoms with van der Waals surface area (Å²) >= 11 is 0. The Hall–Kier alpha value is -0.820. The fourth-order valence-corrected chi connectivity index (χ4v) is 11.4. The highest BCUT2D eigenvalue weighted by atomic mass is 16.7. The maximum atomic E-state index is 11.6. The summed E-state index contributed by atoms with van der Waals surface area (Å²) in [5, 5.41) is 106. The van der Waals surface area contributed by atoms with Gasteiger partial charge in [-0.3, -0.25) is 0 Å². The van der Waals surface area contributed by atoms with Gasteiger partial charge in [-0.25, -0.2) is 0 Å². The zero-order chi connectivity index (χ0) is 38.1. The van der Waals surface area contributed by atoms with Crippen molar-refractivity contribution >= 4 is 0 Å². The van der Waals surface area contributed by atoms with Crippen molar-refractivity contribution in [2.75, 3.05) is 19.8 Å². The van der Waals surface area contributed by atoms with Crippen molar-refractivity contribution in [3.05, 3.63) is 11.6 Å². The van der Waals surface area contributed by atoms with E-state index >= 15 is 0 Å². The molecule has 0 aromatic rings. The Bertz CT molecular complexity index is 1270.